The number of anilines is 1. The van der Waals surface area contributed by atoms with E-state index in [4.69, 9.17) is 4.42 Å². The Labute approximate surface area is 170 Å². The number of oxazole rings is 1. The molecule has 1 fully saturated rings. The van der Waals surface area contributed by atoms with Crippen molar-refractivity contribution in [1.29, 1.82) is 0 Å². The van der Waals surface area contributed by atoms with Gasteiger partial charge in [-0.25, -0.2) is 9.78 Å². The zero-order valence-corrected chi connectivity index (χ0v) is 16.4. The monoisotopic (exact) mass is 391 g/mol. The van der Waals surface area contributed by atoms with Crippen LogP contribution < -0.4 is 10.6 Å². The van der Waals surface area contributed by atoms with Gasteiger partial charge in [-0.05, 0) is 61.7 Å². The molecular formula is C22H25N5O2. The molecule has 3 aromatic rings. The summed E-state index contributed by atoms with van der Waals surface area (Å²) < 4.78 is 5.28. The van der Waals surface area contributed by atoms with E-state index in [1.165, 1.54) is 11.8 Å². The van der Waals surface area contributed by atoms with Gasteiger partial charge in [0, 0.05) is 48.8 Å². The zero-order valence-electron chi connectivity index (χ0n) is 16.4. The standard InChI is InChI=1S/C22H25N5O2/c1-16(17-6-10-23-11-7-17)27-13-8-20(9-14-27)26-22(28)25-19-4-2-18(3-5-19)21-24-12-15-29-21/h2-7,10-12,15-16,20H,8-9,13-14H2,1H3,(H2,25,26,28)/t16-/m0/s1. The predicted molar refractivity (Wildman–Crippen MR) is 111 cm³/mol. The Morgan fingerprint density at radius 2 is 1.83 bits per heavy atom. The Bertz CT molecular complexity index is 904. The van der Waals surface area contributed by atoms with Gasteiger partial charge in [0.05, 0.1) is 6.20 Å². The van der Waals surface area contributed by atoms with E-state index in [9.17, 15) is 4.79 Å². The third-order valence-corrected chi connectivity index (χ3v) is 5.42. The van der Waals surface area contributed by atoms with E-state index in [-0.39, 0.29) is 12.1 Å². The van der Waals surface area contributed by atoms with Crippen molar-refractivity contribution in [2.75, 3.05) is 18.4 Å². The van der Waals surface area contributed by atoms with Gasteiger partial charge in [0.1, 0.15) is 6.26 Å². The second-order valence-corrected chi connectivity index (χ2v) is 7.28. The highest BCUT2D eigenvalue weighted by molar-refractivity contribution is 5.89. The normalized spacial score (nSPS) is 16.3. The van der Waals surface area contributed by atoms with Gasteiger partial charge in [0.15, 0.2) is 0 Å². The minimum atomic E-state index is -0.172. The highest BCUT2D eigenvalue weighted by Gasteiger charge is 2.24. The largest absolute Gasteiger partial charge is 0.445 e. The molecule has 4 rings (SSSR count). The Balaban J connectivity index is 1.25. The molecule has 1 aliphatic rings. The molecule has 7 heteroatoms. The van der Waals surface area contributed by atoms with Crippen molar-refractivity contribution in [1.82, 2.24) is 20.2 Å². The molecular weight excluding hydrogens is 366 g/mol. The molecule has 150 valence electrons. The van der Waals surface area contributed by atoms with Crippen molar-refractivity contribution in [3.8, 4) is 11.5 Å². The smallest absolute Gasteiger partial charge is 0.319 e. The van der Waals surface area contributed by atoms with E-state index in [1.54, 1.807) is 6.20 Å². The summed E-state index contributed by atoms with van der Waals surface area (Å²) >= 11 is 0. The number of amides is 2. The van der Waals surface area contributed by atoms with E-state index >= 15 is 0 Å². The predicted octanol–water partition coefficient (Wildman–Crippen LogP) is 4.08. The molecule has 29 heavy (non-hydrogen) atoms. The van der Waals surface area contributed by atoms with E-state index in [2.05, 4.69) is 44.6 Å². The van der Waals surface area contributed by atoms with Crippen LogP contribution in [0.15, 0.2) is 65.7 Å². The first-order chi connectivity index (χ1) is 14.2. The fourth-order valence-corrected chi connectivity index (χ4v) is 3.70. The fourth-order valence-electron chi connectivity index (χ4n) is 3.70. The highest BCUT2D eigenvalue weighted by atomic mass is 16.3. The molecule has 2 amide bonds. The molecule has 7 nitrogen and oxygen atoms in total. The van der Waals surface area contributed by atoms with Crippen molar-refractivity contribution in [3.63, 3.8) is 0 Å². The van der Waals surface area contributed by atoms with Crippen molar-refractivity contribution in [3.05, 3.63) is 66.8 Å². The van der Waals surface area contributed by atoms with Gasteiger partial charge in [-0.3, -0.25) is 9.88 Å². The van der Waals surface area contributed by atoms with E-state index in [1.807, 2.05) is 36.7 Å². The molecule has 1 atom stereocenters. The Morgan fingerprint density at radius 3 is 2.48 bits per heavy atom. The first-order valence-electron chi connectivity index (χ1n) is 9.90. The van der Waals surface area contributed by atoms with Gasteiger partial charge in [0.2, 0.25) is 5.89 Å². The average Bonchev–Trinajstić information content (AvgIpc) is 3.30. The SMILES string of the molecule is C[C@@H](c1ccncc1)N1CCC(NC(=O)Nc2ccc(-c3ncco3)cc2)CC1. The summed E-state index contributed by atoms with van der Waals surface area (Å²) in [5.41, 5.74) is 2.88. The molecule has 1 saturated heterocycles. The molecule has 0 aliphatic carbocycles. The first-order valence-corrected chi connectivity index (χ1v) is 9.90. The lowest BCUT2D eigenvalue weighted by atomic mass is 10.0. The van der Waals surface area contributed by atoms with Crippen LogP contribution in [-0.4, -0.2) is 40.0 Å². The van der Waals surface area contributed by atoms with Crippen molar-refractivity contribution >= 4 is 11.7 Å². The van der Waals surface area contributed by atoms with Crippen LogP contribution >= 0.6 is 0 Å². The number of piperidine rings is 1. The lowest BCUT2D eigenvalue weighted by molar-refractivity contribution is 0.154. The minimum Gasteiger partial charge on any atom is -0.445 e. The number of hydrogen-bond donors (Lipinski definition) is 2. The number of benzene rings is 1. The quantitative estimate of drug-likeness (QED) is 0.685. The molecule has 2 N–H and O–H groups in total. The third-order valence-electron chi connectivity index (χ3n) is 5.42. The third kappa shape index (κ3) is 4.81. The number of carbonyl (C=O) groups excluding carboxylic acids is 1. The van der Waals surface area contributed by atoms with Crippen LogP contribution in [0, 0.1) is 0 Å². The summed E-state index contributed by atoms with van der Waals surface area (Å²) in [4.78, 5) is 23.0. The summed E-state index contributed by atoms with van der Waals surface area (Å²) in [6, 6.07) is 11.9. The molecule has 0 saturated carbocycles. The van der Waals surface area contributed by atoms with Crippen LogP contribution in [0.5, 0.6) is 0 Å². The van der Waals surface area contributed by atoms with Gasteiger partial charge in [-0.15, -0.1) is 0 Å². The molecule has 0 unspecified atom stereocenters. The average molecular weight is 391 g/mol. The van der Waals surface area contributed by atoms with Crippen LogP contribution in [0.4, 0.5) is 10.5 Å². The zero-order chi connectivity index (χ0) is 20.1. The summed E-state index contributed by atoms with van der Waals surface area (Å²) in [5.74, 6) is 0.564. The fraction of sp³-hybridized carbons (Fsp3) is 0.318. The van der Waals surface area contributed by atoms with E-state index in [0.29, 0.717) is 11.9 Å². The van der Waals surface area contributed by atoms with Gasteiger partial charge in [0.25, 0.3) is 0 Å². The molecule has 0 bridgehead atoms. The lowest BCUT2D eigenvalue weighted by Gasteiger charge is -2.36. The number of carbonyl (C=O) groups is 1. The van der Waals surface area contributed by atoms with Crippen LogP contribution in [-0.2, 0) is 0 Å². The van der Waals surface area contributed by atoms with Crippen LogP contribution in [0.3, 0.4) is 0 Å². The Kier molecular flexibility index (Phi) is 5.86. The number of rotatable bonds is 5. The molecule has 1 aromatic carbocycles. The number of hydrogen-bond acceptors (Lipinski definition) is 5. The second kappa shape index (κ2) is 8.87. The highest BCUT2D eigenvalue weighted by Crippen LogP contribution is 2.24. The van der Waals surface area contributed by atoms with Crippen molar-refractivity contribution < 1.29 is 9.21 Å². The van der Waals surface area contributed by atoms with Gasteiger partial charge >= 0.3 is 6.03 Å². The van der Waals surface area contributed by atoms with Gasteiger partial charge < -0.3 is 15.1 Å². The summed E-state index contributed by atoms with van der Waals surface area (Å²) in [7, 11) is 0. The van der Waals surface area contributed by atoms with E-state index < -0.39 is 0 Å². The number of urea groups is 1. The lowest BCUT2D eigenvalue weighted by Crippen LogP contribution is -2.46. The Hall–Kier alpha value is -3.19. The van der Waals surface area contributed by atoms with E-state index in [0.717, 1.165) is 37.2 Å². The maximum Gasteiger partial charge on any atom is 0.319 e. The second-order valence-electron chi connectivity index (χ2n) is 7.28. The molecule has 2 aromatic heterocycles. The van der Waals surface area contributed by atoms with Crippen molar-refractivity contribution in [2.24, 2.45) is 0 Å². The number of nitrogens with zero attached hydrogens (tertiary/aromatic N) is 3. The Morgan fingerprint density at radius 1 is 1.10 bits per heavy atom. The summed E-state index contributed by atoms with van der Waals surface area (Å²) in [5, 5.41) is 5.99. The molecule has 1 aliphatic heterocycles. The summed E-state index contributed by atoms with van der Waals surface area (Å²) in [6.07, 6.45) is 8.69. The molecule has 3 heterocycles. The van der Waals surface area contributed by atoms with Gasteiger partial charge in [-0.2, -0.15) is 0 Å². The number of nitrogens with one attached hydrogen (secondary N) is 2. The minimum absolute atomic E-state index is 0.172. The van der Waals surface area contributed by atoms with Crippen LogP contribution in [0.25, 0.3) is 11.5 Å². The topological polar surface area (TPSA) is 83.3 Å². The number of likely N-dealkylation sites (tertiary alicyclic amines) is 1. The number of pyridine rings is 1. The summed E-state index contributed by atoms with van der Waals surface area (Å²) in [6.45, 7) is 4.14. The van der Waals surface area contributed by atoms with Crippen molar-refractivity contribution in [2.45, 2.75) is 31.8 Å². The van der Waals surface area contributed by atoms with Crippen LogP contribution in [0.2, 0.25) is 0 Å². The van der Waals surface area contributed by atoms with Gasteiger partial charge in [-0.1, -0.05) is 0 Å². The maximum atomic E-state index is 12.4. The number of aromatic nitrogens is 2. The maximum absolute atomic E-state index is 12.4. The first kappa shape index (κ1) is 19.1. The van der Waals surface area contributed by atoms with Crippen LogP contribution in [0.1, 0.15) is 31.4 Å². The molecule has 0 spiro atoms. The molecule has 0 radical (unpaired) electrons.